The Morgan fingerprint density at radius 1 is 1.19 bits per heavy atom. The Labute approximate surface area is 201 Å². The van der Waals surface area contributed by atoms with Crippen LogP contribution in [0.25, 0.3) is 0 Å². The average molecular weight is 540 g/mol. The number of halogens is 1. The summed E-state index contributed by atoms with van der Waals surface area (Å²) in [5.41, 5.74) is 1.21. The highest BCUT2D eigenvalue weighted by Crippen LogP contribution is 2.10. The lowest BCUT2D eigenvalue weighted by atomic mass is 10.3. The van der Waals surface area contributed by atoms with Crippen LogP contribution in [-0.4, -0.2) is 82.5 Å². The molecule has 3 heterocycles. The van der Waals surface area contributed by atoms with Crippen molar-refractivity contribution in [1.82, 2.24) is 29.7 Å². The van der Waals surface area contributed by atoms with Crippen LogP contribution in [0, 0.1) is 0 Å². The molecule has 31 heavy (non-hydrogen) atoms. The summed E-state index contributed by atoms with van der Waals surface area (Å²) in [7, 11) is 4.05. The molecule has 1 aliphatic rings. The van der Waals surface area contributed by atoms with Crippen LogP contribution in [0.3, 0.4) is 0 Å². The quantitative estimate of drug-likeness (QED) is 0.326. The number of guanidine groups is 1. The van der Waals surface area contributed by atoms with Crippen LogP contribution >= 0.6 is 24.0 Å². The molecule has 1 saturated heterocycles. The van der Waals surface area contributed by atoms with Crippen LogP contribution in [0.4, 0.5) is 5.95 Å². The van der Waals surface area contributed by atoms with Gasteiger partial charge < -0.3 is 24.6 Å². The number of aryl methyl sites for hydroxylation is 1. The molecule has 0 unspecified atom stereocenters. The van der Waals surface area contributed by atoms with Crippen molar-refractivity contribution >= 4 is 41.8 Å². The van der Waals surface area contributed by atoms with Gasteiger partial charge in [-0.3, -0.25) is 9.79 Å². The van der Waals surface area contributed by atoms with Crippen LogP contribution in [0.15, 0.2) is 41.8 Å². The number of carbonyl (C=O) groups is 1. The third-order valence-corrected chi connectivity index (χ3v) is 5.20. The zero-order valence-electron chi connectivity index (χ0n) is 18.6. The van der Waals surface area contributed by atoms with Gasteiger partial charge in [-0.25, -0.2) is 9.97 Å². The molecule has 3 rings (SSSR count). The smallest absolute Gasteiger partial charge is 0.225 e. The van der Waals surface area contributed by atoms with Crippen LogP contribution < -0.4 is 10.2 Å². The van der Waals surface area contributed by atoms with Gasteiger partial charge in [0.1, 0.15) is 0 Å². The van der Waals surface area contributed by atoms with Gasteiger partial charge in [-0.05, 0) is 25.1 Å². The fourth-order valence-corrected chi connectivity index (χ4v) is 3.47. The summed E-state index contributed by atoms with van der Waals surface area (Å²) in [4.78, 5) is 32.0. The molecule has 1 fully saturated rings. The zero-order chi connectivity index (χ0) is 21.3. The van der Waals surface area contributed by atoms with Crippen molar-refractivity contribution in [2.75, 3.05) is 51.2 Å². The topological polar surface area (TPSA) is 81.9 Å². The molecule has 1 aliphatic heterocycles. The monoisotopic (exact) mass is 540 g/mol. The van der Waals surface area contributed by atoms with Gasteiger partial charge in [0, 0.05) is 77.5 Å². The Morgan fingerprint density at radius 2 is 1.90 bits per heavy atom. The first-order chi connectivity index (χ1) is 14.6. The molecule has 170 valence electrons. The van der Waals surface area contributed by atoms with Crippen molar-refractivity contribution in [2.24, 2.45) is 12.0 Å². The molecule has 0 aromatic carbocycles. The molecule has 0 saturated carbocycles. The number of aromatic nitrogens is 3. The van der Waals surface area contributed by atoms with E-state index < -0.39 is 0 Å². The lowest BCUT2D eigenvalue weighted by Gasteiger charge is -2.34. The minimum absolute atomic E-state index is 0. The maximum atomic E-state index is 12.6. The lowest BCUT2D eigenvalue weighted by Crippen LogP contribution is -2.49. The second kappa shape index (κ2) is 12.5. The van der Waals surface area contributed by atoms with E-state index in [1.54, 1.807) is 12.4 Å². The highest BCUT2D eigenvalue weighted by Gasteiger charge is 2.22. The molecule has 10 heteroatoms. The minimum atomic E-state index is 0. The molecule has 0 bridgehead atoms. The number of nitrogens with zero attached hydrogens (tertiary/aromatic N) is 7. The van der Waals surface area contributed by atoms with Gasteiger partial charge in [0.15, 0.2) is 5.96 Å². The van der Waals surface area contributed by atoms with Gasteiger partial charge in [0.25, 0.3) is 0 Å². The second-order valence-electron chi connectivity index (χ2n) is 7.37. The van der Waals surface area contributed by atoms with E-state index in [9.17, 15) is 4.79 Å². The molecule has 2 aromatic heterocycles. The number of nitrogens with one attached hydrogen (secondary N) is 1. The Bertz CT molecular complexity index is 833. The molecule has 1 amide bonds. The number of aliphatic imine (C=N–C) groups is 1. The van der Waals surface area contributed by atoms with E-state index in [0.29, 0.717) is 26.1 Å². The van der Waals surface area contributed by atoms with Crippen molar-refractivity contribution in [3.63, 3.8) is 0 Å². The highest BCUT2D eigenvalue weighted by atomic mass is 127. The summed E-state index contributed by atoms with van der Waals surface area (Å²) in [5, 5.41) is 3.31. The Kier molecular flexibility index (Phi) is 10.0. The second-order valence-corrected chi connectivity index (χ2v) is 7.37. The third-order valence-electron chi connectivity index (χ3n) is 5.20. The van der Waals surface area contributed by atoms with E-state index in [2.05, 4.69) is 40.7 Å². The number of hydrogen-bond acceptors (Lipinski definition) is 5. The molecule has 9 nitrogen and oxygen atoms in total. The molecular weight excluding hydrogens is 507 g/mol. The third kappa shape index (κ3) is 7.08. The first-order valence-electron chi connectivity index (χ1n) is 10.5. The van der Waals surface area contributed by atoms with Crippen molar-refractivity contribution in [2.45, 2.75) is 19.9 Å². The summed E-state index contributed by atoms with van der Waals surface area (Å²) < 4.78 is 2.10. The number of amides is 1. The summed E-state index contributed by atoms with van der Waals surface area (Å²) in [6, 6.07) is 5.95. The predicted molar refractivity (Wildman–Crippen MR) is 134 cm³/mol. The fourth-order valence-electron chi connectivity index (χ4n) is 3.47. The van der Waals surface area contributed by atoms with Crippen molar-refractivity contribution in [3.05, 3.63) is 42.5 Å². The number of piperazine rings is 1. The molecule has 2 aromatic rings. The van der Waals surface area contributed by atoms with Gasteiger partial charge in [0.2, 0.25) is 11.9 Å². The summed E-state index contributed by atoms with van der Waals surface area (Å²) in [6.07, 6.45) is 5.94. The minimum Gasteiger partial charge on any atom is -0.357 e. The number of carbonyl (C=O) groups excluding carboxylic acids is 1. The standard InChI is InChI=1S/C21H32N8O.HI/c1-4-22-20(27(3)17-18-7-5-12-26(18)2)25-11-8-19(30)28-13-15-29(16-14-28)21-23-9-6-10-24-21;/h5-7,9-10,12H,4,8,11,13-17H2,1-3H3,(H,22,25);1H. The normalized spacial score (nSPS) is 14.2. The van der Waals surface area contributed by atoms with Crippen molar-refractivity contribution in [3.8, 4) is 0 Å². The highest BCUT2D eigenvalue weighted by molar-refractivity contribution is 14.0. The van der Waals surface area contributed by atoms with Crippen LogP contribution in [0.5, 0.6) is 0 Å². The van der Waals surface area contributed by atoms with Crippen molar-refractivity contribution < 1.29 is 4.79 Å². The van der Waals surface area contributed by atoms with Crippen molar-refractivity contribution in [1.29, 1.82) is 0 Å². The van der Waals surface area contributed by atoms with E-state index in [1.807, 2.05) is 44.2 Å². The molecular formula is C21H33IN8O. The number of rotatable bonds is 7. The summed E-state index contributed by atoms with van der Waals surface area (Å²) in [5.74, 6) is 1.69. The summed E-state index contributed by atoms with van der Waals surface area (Å²) in [6.45, 7) is 6.94. The van der Waals surface area contributed by atoms with Crippen LogP contribution in [-0.2, 0) is 18.4 Å². The number of anilines is 1. The Morgan fingerprint density at radius 3 is 2.52 bits per heavy atom. The van der Waals surface area contributed by atoms with E-state index in [4.69, 9.17) is 0 Å². The Hall–Kier alpha value is -2.37. The van der Waals surface area contributed by atoms with E-state index in [-0.39, 0.29) is 29.9 Å². The maximum Gasteiger partial charge on any atom is 0.225 e. The van der Waals surface area contributed by atoms with Crippen LogP contribution in [0.1, 0.15) is 19.0 Å². The lowest BCUT2D eigenvalue weighted by molar-refractivity contribution is -0.131. The van der Waals surface area contributed by atoms with Gasteiger partial charge in [-0.15, -0.1) is 24.0 Å². The van der Waals surface area contributed by atoms with E-state index >= 15 is 0 Å². The summed E-state index contributed by atoms with van der Waals surface area (Å²) >= 11 is 0. The SMILES string of the molecule is CCNC(=NCCC(=O)N1CCN(c2ncccn2)CC1)N(C)Cc1cccn1C.I. The molecule has 0 radical (unpaired) electrons. The molecule has 1 N–H and O–H groups in total. The molecule has 0 aliphatic carbocycles. The van der Waals surface area contributed by atoms with Gasteiger partial charge >= 0.3 is 0 Å². The molecule has 0 spiro atoms. The Balaban J connectivity index is 0.00000341. The largest absolute Gasteiger partial charge is 0.357 e. The number of hydrogen-bond donors (Lipinski definition) is 1. The fraction of sp³-hybridized carbons (Fsp3) is 0.524. The van der Waals surface area contributed by atoms with Gasteiger partial charge in [0.05, 0.1) is 13.1 Å². The first-order valence-corrected chi connectivity index (χ1v) is 10.5. The molecule has 0 atom stereocenters. The van der Waals surface area contributed by atoms with Gasteiger partial charge in [-0.1, -0.05) is 0 Å². The van der Waals surface area contributed by atoms with E-state index in [1.165, 1.54) is 5.69 Å². The zero-order valence-corrected chi connectivity index (χ0v) is 20.9. The maximum absolute atomic E-state index is 12.6. The predicted octanol–water partition coefficient (Wildman–Crippen LogP) is 1.57. The van der Waals surface area contributed by atoms with Crippen LogP contribution in [0.2, 0.25) is 0 Å². The van der Waals surface area contributed by atoms with E-state index in [0.717, 1.165) is 38.1 Å². The average Bonchev–Trinajstić information content (AvgIpc) is 3.18. The van der Waals surface area contributed by atoms with Gasteiger partial charge in [-0.2, -0.15) is 0 Å². The first kappa shape index (κ1) is 24.9.